The highest BCUT2D eigenvalue weighted by atomic mass is 28.4. The standard InChI is InChI=1S/C22H32N4O3Si/c1-22(2,3)30(4,5)29-20(26-14-18(21(23)28)24-15-26)7-6-11-25-12-10-16-8-9-17(27)13-19(16)25/h8-10,12-15,20,27H,6-7,11H2,1-5H3,(H2,23,28). The van der Waals surface area contributed by atoms with Gasteiger partial charge in [0.15, 0.2) is 8.32 Å². The minimum Gasteiger partial charge on any atom is -0.508 e. The van der Waals surface area contributed by atoms with Gasteiger partial charge in [0, 0.05) is 25.0 Å². The van der Waals surface area contributed by atoms with Gasteiger partial charge in [0.25, 0.3) is 5.91 Å². The lowest BCUT2D eigenvalue weighted by molar-refractivity contribution is 0.0984. The second kappa shape index (κ2) is 8.27. The average molecular weight is 429 g/mol. The summed E-state index contributed by atoms with van der Waals surface area (Å²) in [6, 6.07) is 7.45. The largest absolute Gasteiger partial charge is 0.508 e. The van der Waals surface area contributed by atoms with Gasteiger partial charge in [-0.1, -0.05) is 20.8 Å². The van der Waals surface area contributed by atoms with Crippen LogP contribution in [0.5, 0.6) is 5.75 Å². The lowest BCUT2D eigenvalue weighted by Crippen LogP contribution is -2.42. The Balaban J connectivity index is 1.77. The SMILES string of the molecule is CC(C)(C)[Si](C)(C)OC(CCCn1ccc2ccc(O)cc21)n1cnc(C(N)=O)c1. The summed E-state index contributed by atoms with van der Waals surface area (Å²) in [4.78, 5) is 15.6. The van der Waals surface area contributed by atoms with Gasteiger partial charge in [0.2, 0.25) is 0 Å². The fraction of sp³-hybridized carbons (Fsp3) is 0.455. The Morgan fingerprint density at radius 2 is 2.03 bits per heavy atom. The normalized spacial score (nSPS) is 13.6. The van der Waals surface area contributed by atoms with Crippen molar-refractivity contribution < 1.29 is 14.3 Å². The molecular formula is C22H32N4O3Si. The van der Waals surface area contributed by atoms with Crippen molar-refractivity contribution in [2.24, 2.45) is 5.73 Å². The fourth-order valence-corrected chi connectivity index (χ4v) is 4.48. The van der Waals surface area contributed by atoms with Crippen LogP contribution in [0.25, 0.3) is 10.9 Å². The molecule has 1 unspecified atom stereocenters. The van der Waals surface area contributed by atoms with Crippen LogP contribution in [-0.2, 0) is 11.0 Å². The Morgan fingerprint density at radius 3 is 2.67 bits per heavy atom. The van der Waals surface area contributed by atoms with Gasteiger partial charge in [-0.3, -0.25) is 4.79 Å². The number of carbonyl (C=O) groups is 1. The molecule has 0 fully saturated rings. The second-order valence-corrected chi connectivity index (χ2v) is 14.1. The molecule has 8 heteroatoms. The van der Waals surface area contributed by atoms with Crippen molar-refractivity contribution in [1.29, 1.82) is 0 Å². The molecule has 1 atom stereocenters. The molecule has 162 valence electrons. The molecule has 0 bridgehead atoms. The molecule has 0 radical (unpaired) electrons. The zero-order valence-corrected chi connectivity index (χ0v) is 19.4. The summed E-state index contributed by atoms with van der Waals surface area (Å²) in [5.41, 5.74) is 6.63. The third-order valence-corrected chi connectivity index (χ3v) is 10.5. The highest BCUT2D eigenvalue weighted by Gasteiger charge is 2.39. The molecule has 2 aromatic heterocycles. The van der Waals surface area contributed by atoms with E-state index in [9.17, 15) is 9.90 Å². The van der Waals surface area contributed by atoms with Gasteiger partial charge in [-0.15, -0.1) is 0 Å². The Labute approximate surface area is 178 Å². The van der Waals surface area contributed by atoms with Crippen LogP contribution < -0.4 is 5.73 Å². The van der Waals surface area contributed by atoms with Crippen LogP contribution in [0.4, 0.5) is 0 Å². The van der Waals surface area contributed by atoms with Gasteiger partial charge in [-0.05, 0) is 54.6 Å². The number of nitrogens with zero attached hydrogens (tertiary/aromatic N) is 3. The molecule has 1 aromatic carbocycles. The molecule has 1 amide bonds. The van der Waals surface area contributed by atoms with Crippen LogP contribution in [-0.4, -0.2) is 33.4 Å². The predicted octanol–water partition coefficient (Wildman–Crippen LogP) is 4.64. The quantitative estimate of drug-likeness (QED) is 0.511. The summed E-state index contributed by atoms with van der Waals surface area (Å²) < 4.78 is 10.7. The number of benzene rings is 1. The zero-order chi connectivity index (χ0) is 22.1. The summed E-state index contributed by atoms with van der Waals surface area (Å²) in [6.45, 7) is 11.8. The van der Waals surface area contributed by atoms with E-state index in [1.807, 2.05) is 22.9 Å². The maximum atomic E-state index is 11.5. The molecule has 0 saturated carbocycles. The number of amides is 1. The third kappa shape index (κ3) is 4.76. The number of rotatable bonds is 8. The topological polar surface area (TPSA) is 95.3 Å². The number of primary amides is 1. The molecule has 2 heterocycles. The van der Waals surface area contributed by atoms with Crippen molar-refractivity contribution in [2.75, 3.05) is 0 Å². The second-order valence-electron chi connectivity index (χ2n) is 9.30. The first kappa shape index (κ1) is 22.1. The van der Waals surface area contributed by atoms with Crippen molar-refractivity contribution in [3.05, 3.63) is 48.7 Å². The van der Waals surface area contributed by atoms with E-state index >= 15 is 0 Å². The number of aromatic nitrogens is 3. The Kier molecular flexibility index (Phi) is 6.10. The Hall–Kier alpha value is -2.58. The number of fused-ring (bicyclic) bond motifs is 1. The van der Waals surface area contributed by atoms with E-state index in [0.717, 1.165) is 30.3 Å². The number of hydrogen-bond donors (Lipinski definition) is 2. The lowest BCUT2D eigenvalue weighted by atomic mass is 10.2. The summed E-state index contributed by atoms with van der Waals surface area (Å²) in [7, 11) is -2.04. The molecule has 3 aromatic rings. The number of hydrogen-bond acceptors (Lipinski definition) is 4. The first-order valence-electron chi connectivity index (χ1n) is 10.3. The molecule has 3 rings (SSSR count). The van der Waals surface area contributed by atoms with Crippen molar-refractivity contribution in [1.82, 2.24) is 14.1 Å². The predicted molar refractivity (Wildman–Crippen MR) is 121 cm³/mol. The van der Waals surface area contributed by atoms with E-state index in [4.69, 9.17) is 10.2 Å². The van der Waals surface area contributed by atoms with E-state index in [1.54, 1.807) is 24.7 Å². The number of phenols is 1. The minimum atomic E-state index is -2.04. The number of aromatic hydroxyl groups is 1. The van der Waals surface area contributed by atoms with Crippen molar-refractivity contribution in [3.8, 4) is 5.75 Å². The van der Waals surface area contributed by atoms with E-state index in [0.29, 0.717) is 0 Å². The molecular weight excluding hydrogens is 396 g/mol. The summed E-state index contributed by atoms with van der Waals surface area (Å²) >= 11 is 0. The molecule has 0 aliphatic rings. The van der Waals surface area contributed by atoms with Gasteiger partial charge in [-0.25, -0.2) is 4.98 Å². The molecule has 7 nitrogen and oxygen atoms in total. The third-order valence-electron chi connectivity index (χ3n) is 6.03. The first-order chi connectivity index (χ1) is 14.0. The number of imidazole rings is 1. The Bertz CT molecular complexity index is 1030. The van der Waals surface area contributed by atoms with Crippen LogP contribution in [0.3, 0.4) is 0 Å². The van der Waals surface area contributed by atoms with Crippen molar-refractivity contribution in [3.63, 3.8) is 0 Å². The fourth-order valence-electron chi connectivity index (χ4n) is 3.21. The smallest absolute Gasteiger partial charge is 0.268 e. The number of aryl methyl sites for hydroxylation is 1. The van der Waals surface area contributed by atoms with Crippen LogP contribution in [0.2, 0.25) is 18.1 Å². The minimum absolute atomic E-state index is 0.0620. The Morgan fingerprint density at radius 1 is 1.30 bits per heavy atom. The number of carbonyl (C=O) groups excluding carboxylic acids is 1. The molecule has 0 saturated heterocycles. The van der Waals surface area contributed by atoms with E-state index in [2.05, 4.69) is 43.4 Å². The maximum absolute atomic E-state index is 11.5. The van der Waals surface area contributed by atoms with Gasteiger partial charge >= 0.3 is 0 Å². The maximum Gasteiger partial charge on any atom is 0.268 e. The van der Waals surface area contributed by atoms with Crippen LogP contribution in [0.15, 0.2) is 43.0 Å². The zero-order valence-electron chi connectivity index (χ0n) is 18.4. The van der Waals surface area contributed by atoms with Gasteiger partial charge < -0.3 is 24.4 Å². The van der Waals surface area contributed by atoms with E-state index in [-0.39, 0.29) is 22.7 Å². The van der Waals surface area contributed by atoms with Crippen LogP contribution >= 0.6 is 0 Å². The molecule has 0 spiro atoms. The monoisotopic (exact) mass is 428 g/mol. The lowest BCUT2D eigenvalue weighted by Gasteiger charge is -2.39. The molecule has 0 aliphatic heterocycles. The number of phenolic OH excluding ortho intramolecular Hbond substituents is 1. The highest BCUT2D eigenvalue weighted by Crippen LogP contribution is 2.39. The van der Waals surface area contributed by atoms with Crippen LogP contribution in [0, 0.1) is 0 Å². The van der Waals surface area contributed by atoms with E-state index in [1.165, 1.54) is 0 Å². The average Bonchev–Trinajstić information content (AvgIpc) is 3.27. The summed E-state index contributed by atoms with van der Waals surface area (Å²) in [6.07, 6.45) is 6.74. The highest BCUT2D eigenvalue weighted by molar-refractivity contribution is 6.74. The van der Waals surface area contributed by atoms with E-state index < -0.39 is 14.2 Å². The molecule has 30 heavy (non-hydrogen) atoms. The van der Waals surface area contributed by atoms with Gasteiger partial charge in [0.05, 0.1) is 11.8 Å². The number of nitrogens with two attached hydrogens (primary N) is 1. The van der Waals surface area contributed by atoms with Crippen LogP contribution in [0.1, 0.15) is 50.3 Å². The van der Waals surface area contributed by atoms with Gasteiger partial charge in [0.1, 0.15) is 17.7 Å². The summed E-state index contributed by atoms with van der Waals surface area (Å²) in [5, 5.41) is 11.0. The molecule has 3 N–H and O–H groups in total. The molecule has 0 aliphatic carbocycles. The summed E-state index contributed by atoms with van der Waals surface area (Å²) in [5.74, 6) is -0.280. The van der Waals surface area contributed by atoms with Crippen molar-refractivity contribution in [2.45, 2.75) is 64.5 Å². The van der Waals surface area contributed by atoms with Gasteiger partial charge in [-0.2, -0.15) is 0 Å². The first-order valence-corrected chi connectivity index (χ1v) is 13.2. The van der Waals surface area contributed by atoms with Crippen molar-refractivity contribution >= 4 is 25.1 Å².